The van der Waals surface area contributed by atoms with E-state index in [0.29, 0.717) is 5.17 Å². The summed E-state index contributed by atoms with van der Waals surface area (Å²) in [7, 11) is 0. The zero-order valence-electron chi connectivity index (χ0n) is 14.8. The van der Waals surface area contributed by atoms with E-state index in [-0.39, 0.29) is 0 Å². The van der Waals surface area contributed by atoms with Crippen LogP contribution in [-0.4, -0.2) is 42.6 Å². The minimum Gasteiger partial charge on any atom is -0.379 e. The number of hydrogen-bond donors (Lipinski definition) is 1. The number of hydrogen-bond acceptors (Lipinski definition) is 5. The van der Waals surface area contributed by atoms with Crippen LogP contribution >= 0.6 is 11.8 Å². The van der Waals surface area contributed by atoms with Crippen LogP contribution in [0.1, 0.15) is 16.7 Å². The third kappa shape index (κ3) is 6.29. The molecule has 2 aromatic carbocycles. The van der Waals surface area contributed by atoms with Crippen molar-refractivity contribution in [3.8, 4) is 0 Å². The molecule has 1 saturated heterocycles. The Balaban J connectivity index is 1.51. The Morgan fingerprint density at radius 3 is 2.65 bits per heavy atom. The molecule has 0 aliphatic carbocycles. The fourth-order valence-electron chi connectivity index (χ4n) is 2.70. The number of benzene rings is 2. The molecule has 136 valence electrons. The molecule has 0 radical (unpaired) electrons. The first-order valence-electron chi connectivity index (χ1n) is 8.72. The summed E-state index contributed by atoms with van der Waals surface area (Å²) in [6, 6.07) is 18.5. The van der Waals surface area contributed by atoms with E-state index in [4.69, 9.17) is 10.5 Å². The number of ether oxygens (including phenoxy) is 1. The molecule has 0 bridgehead atoms. The predicted molar refractivity (Wildman–Crippen MR) is 109 cm³/mol. The van der Waals surface area contributed by atoms with E-state index >= 15 is 0 Å². The lowest BCUT2D eigenvalue weighted by Gasteiger charge is -2.26. The van der Waals surface area contributed by atoms with Crippen molar-refractivity contribution in [1.82, 2.24) is 4.90 Å². The summed E-state index contributed by atoms with van der Waals surface area (Å²) >= 11 is 1.49. The first-order valence-corrected chi connectivity index (χ1v) is 9.70. The molecule has 2 N–H and O–H groups in total. The Bertz CT molecular complexity index is 742. The molecule has 1 fully saturated rings. The molecular weight excluding hydrogens is 344 g/mol. The van der Waals surface area contributed by atoms with Crippen LogP contribution in [0, 0.1) is 0 Å². The zero-order valence-corrected chi connectivity index (χ0v) is 15.6. The van der Waals surface area contributed by atoms with E-state index < -0.39 is 0 Å². The molecule has 0 spiro atoms. The number of nitrogens with two attached hydrogens (primary N) is 1. The quantitative estimate of drug-likeness (QED) is 0.483. The Labute approximate surface area is 158 Å². The SMILES string of the molecule is NC(=NN=Cc1cccc(CN2CCOCC2)c1)SCc1ccccc1. The molecule has 26 heavy (non-hydrogen) atoms. The number of thioether (sulfide) groups is 1. The van der Waals surface area contributed by atoms with Gasteiger partial charge in [0.1, 0.15) is 0 Å². The van der Waals surface area contributed by atoms with Crippen molar-refractivity contribution < 1.29 is 4.74 Å². The van der Waals surface area contributed by atoms with Crippen LogP contribution in [0.3, 0.4) is 0 Å². The molecule has 5 nitrogen and oxygen atoms in total. The van der Waals surface area contributed by atoms with Gasteiger partial charge in [0.05, 0.1) is 19.4 Å². The van der Waals surface area contributed by atoms with Crippen LogP contribution in [0.25, 0.3) is 0 Å². The smallest absolute Gasteiger partial charge is 0.180 e. The number of rotatable bonds is 6. The monoisotopic (exact) mass is 368 g/mol. The van der Waals surface area contributed by atoms with Crippen LogP contribution in [0.2, 0.25) is 0 Å². The highest BCUT2D eigenvalue weighted by atomic mass is 32.2. The van der Waals surface area contributed by atoms with Gasteiger partial charge in [0.25, 0.3) is 0 Å². The molecule has 3 rings (SSSR count). The summed E-state index contributed by atoms with van der Waals surface area (Å²) in [5, 5.41) is 8.67. The fourth-order valence-corrected chi connectivity index (χ4v) is 3.31. The summed E-state index contributed by atoms with van der Waals surface area (Å²) in [6.45, 7) is 4.53. The van der Waals surface area contributed by atoms with Crippen molar-refractivity contribution in [1.29, 1.82) is 0 Å². The van der Waals surface area contributed by atoms with Crippen LogP contribution in [-0.2, 0) is 17.0 Å². The van der Waals surface area contributed by atoms with Gasteiger partial charge in [-0.3, -0.25) is 4.90 Å². The number of amidine groups is 1. The van der Waals surface area contributed by atoms with Crippen molar-refractivity contribution in [3.63, 3.8) is 0 Å². The minimum absolute atomic E-state index is 0.467. The van der Waals surface area contributed by atoms with Gasteiger partial charge in [-0.1, -0.05) is 60.3 Å². The lowest BCUT2D eigenvalue weighted by Crippen LogP contribution is -2.35. The molecule has 0 saturated carbocycles. The number of morpholine rings is 1. The first-order chi connectivity index (χ1) is 12.8. The average Bonchev–Trinajstić information content (AvgIpc) is 2.68. The highest BCUT2D eigenvalue weighted by Crippen LogP contribution is 2.12. The van der Waals surface area contributed by atoms with E-state index in [2.05, 4.69) is 39.4 Å². The van der Waals surface area contributed by atoms with Crippen molar-refractivity contribution in [2.45, 2.75) is 12.3 Å². The molecule has 1 aliphatic heterocycles. The second kappa shape index (κ2) is 10.1. The third-order valence-electron chi connectivity index (χ3n) is 4.05. The Hall–Kier alpha value is -2.15. The molecule has 0 amide bonds. The number of nitrogens with zero attached hydrogens (tertiary/aromatic N) is 3. The summed E-state index contributed by atoms with van der Waals surface area (Å²) in [5.41, 5.74) is 9.44. The van der Waals surface area contributed by atoms with E-state index in [1.807, 2.05) is 30.3 Å². The van der Waals surface area contributed by atoms with Crippen molar-refractivity contribution in [2.24, 2.45) is 15.9 Å². The van der Waals surface area contributed by atoms with Crippen LogP contribution in [0.5, 0.6) is 0 Å². The second-order valence-corrected chi connectivity index (χ2v) is 7.09. The maximum atomic E-state index is 5.92. The average molecular weight is 369 g/mol. The van der Waals surface area contributed by atoms with Gasteiger partial charge in [0.2, 0.25) is 0 Å². The molecule has 0 unspecified atom stereocenters. The summed E-state index contributed by atoms with van der Waals surface area (Å²) in [5.74, 6) is 0.792. The third-order valence-corrected chi connectivity index (χ3v) is 4.91. The molecule has 1 heterocycles. The maximum absolute atomic E-state index is 5.92. The maximum Gasteiger partial charge on any atom is 0.180 e. The normalized spacial score (nSPS) is 16.2. The fraction of sp³-hybridized carbons (Fsp3) is 0.300. The zero-order chi connectivity index (χ0) is 18.0. The molecule has 0 aromatic heterocycles. The van der Waals surface area contributed by atoms with Gasteiger partial charge in [-0.2, -0.15) is 5.10 Å². The standard InChI is InChI=1S/C20H24N4OS/c21-20(26-16-17-5-2-1-3-6-17)23-22-14-18-7-4-8-19(13-18)15-24-9-11-25-12-10-24/h1-8,13-14H,9-12,15-16H2,(H2,21,23). The second-order valence-electron chi connectivity index (χ2n) is 6.09. The van der Waals surface area contributed by atoms with Gasteiger partial charge in [-0.05, 0) is 22.8 Å². The van der Waals surface area contributed by atoms with Gasteiger partial charge < -0.3 is 10.5 Å². The summed E-state index contributed by atoms with van der Waals surface area (Å²) in [4.78, 5) is 2.40. The van der Waals surface area contributed by atoms with E-state index in [1.165, 1.54) is 22.9 Å². The highest BCUT2D eigenvalue weighted by Gasteiger charge is 2.10. The lowest BCUT2D eigenvalue weighted by molar-refractivity contribution is 0.0342. The molecule has 6 heteroatoms. The summed E-state index contributed by atoms with van der Waals surface area (Å²) in [6.07, 6.45) is 1.75. The van der Waals surface area contributed by atoms with Crippen LogP contribution < -0.4 is 5.73 Å². The highest BCUT2D eigenvalue weighted by molar-refractivity contribution is 8.13. The lowest BCUT2D eigenvalue weighted by atomic mass is 10.1. The molecular formula is C20H24N4OS. The van der Waals surface area contributed by atoms with Gasteiger partial charge >= 0.3 is 0 Å². The van der Waals surface area contributed by atoms with Gasteiger partial charge in [0.15, 0.2) is 5.17 Å². The predicted octanol–water partition coefficient (Wildman–Crippen LogP) is 3.10. The van der Waals surface area contributed by atoms with E-state index in [0.717, 1.165) is 44.2 Å². The van der Waals surface area contributed by atoms with Crippen molar-refractivity contribution in [3.05, 3.63) is 71.3 Å². The topological polar surface area (TPSA) is 63.2 Å². The van der Waals surface area contributed by atoms with Crippen LogP contribution in [0.4, 0.5) is 0 Å². The Morgan fingerprint density at radius 1 is 1.08 bits per heavy atom. The van der Waals surface area contributed by atoms with Crippen LogP contribution in [0.15, 0.2) is 64.8 Å². The minimum atomic E-state index is 0.467. The van der Waals surface area contributed by atoms with Crippen molar-refractivity contribution in [2.75, 3.05) is 26.3 Å². The molecule has 0 atom stereocenters. The van der Waals surface area contributed by atoms with Gasteiger partial charge in [-0.25, -0.2) is 0 Å². The molecule has 1 aliphatic rings. The Morgan fingerprint density at radius 2 is 1.85 bits per heavy atom. The van der Waals surface area contributed by atoms with Crippen molar-refractivity contribution >= 4 is 23.1 Å². The van der Waals surface area contributed by atoms with E-state index in [9.17, 15) is 0 Å². The van der Waals surface area contributed by atoms with Gasteiger partial charge in [-0.15, -0.1) is 5.10 Å². The summed E-state index contributed by atoms with van der Waals surface area (Å²) < 4.78 is 5.39. The first kappa shape index (κ1) is 18.6. The van der Waals surface area contributed by atoms with E-state index in [1.54, 1.807) is 6.21 Å². The largest absolute Gasteiger partial charge is 0.379 e. The van der Waals surface area contributed by atoms with Gasteiger partial charge in [0, 0.05) is 25.4 Å². The Kier molecular flexibility index (Phi) is 7.25. The molecule has 2 aromatic rings.